The van der Waals surface area contributed by atoms with Gasteiger partial charge in [-0.1, -0.05) is 0 Å². The third kappa shape index (κ3) is 3.36. The largest absolute Gasteiger partial charge is 0.508 e. The van der Waals surface area contributed by atoms with Gasteiger partial charge in [-0.05, 0) is 30.7 Å². The Bertz CT molecular complexity index is 372. The maximum atomic E-state index is 11.5. The maximum absolute atomic E-state index is 11.5. The van der Waals surface area contributed by atoms with Crippen LogP contribution in [0.15, 0.2) is 24.3 Å². The van der Waals surface area contributed by atoms with E-state index in [1.807, 2.05) is 0 Å². The van der Waals surface area contributed by atoms with E-state index in [2.05, 4.69) is 5.32 Å². The summed E-state index contributed by atoms with van der Waals surface area (Å²) in [6, 6.07) is 5.44. The average molecular weight is 223 g/mol. The number of ketones is 1. The van der Waals surface area contributed by atoms with Crippen LogP contribution in [-0.4, -0.2) is 35.1 Å². The van der Waals surface area contributed by atoms with Crippen LogP contribution in [0.2, 0.25) is 0 Å². The quantitative estimate of drug-likeness (QED) is 0.374. The molecule has 1 rings (SSSR count). The molecule has 0 aliphatic carbocycles. The lowest BCUT2D eigenvalue weighted by atomic mass is 10.1. The van der Waals surface area contributed by atoms with Gasteiger partial charge in [-0.2, -0.15) is 0 Å². The molecule has 1 aromatic rings. The molecular formula is C11H13NO4. The van der Waals surface area contributed by atoms with Gasteiger partial charge < -0.3 is 15.5 Å². The molecule has 5 nitrogen and oxygen atoms in total. The van der Waals surface area contributed by atoms with Gasteiger partial charge in [0.2, 0.25) is 5.78 Å². The van der Waals surface area contributed by atoms with Gasteiger partial charge >= 0.3 is 0 Å². The van der Waals surface area contributed by atoms with Crippen LogP contribution in [0.25, 0.3) is 0 Å². The zero-order valence-corrected chi connectivity index (χ0v) is 8.64. The van der Waals surface area contributed by atoms with Crippen molar-refractivity contribution in [2.45, 2.75) is 6.42 Å². The van der Waals surface area contributed by atoms with Crippen molar-refractivity contribution >= 4 is 11.7 Å². The van der Waals surface area contributed by atoms with Crippen LogP contribution in [0.5, 0.6) is 5.75 Å². The number of phenolic OH excluding ortho intramolecular Hbond substituents is 1. The van der Waals surface area contributed by atoms with Crippen molar-refractivity contribution in [3.8, 4) is 5.75 Å². The molecule has 1 aromatic carbocycles. The molecule has 0 fully saturated rings. The van der Waals surface area contributed by atoms with Crippen LogP contribution < -0.4 is 5.32 Å². The molecule has 0 bridgehead atoms. The third-order valence-corrected chi connectivity index (χ3v) is 1.96. The van der Waals surface area contributed by atoms with Crippen LogP contribution in [0, 0.1) is 0 Å². The van der Waals surface area contributed by atoms with E-state index in [1.54, 1.807) is 0 Å². The summed E-state index contributed by atoms with van der Waals surface area (Å²) in [6.07, 6.45) is 0.411. The number of carbonyl (C=O) groups is 2. The molecule has 0 aromatic heterocycles. The number of hydrogen-bond acceptors (Lipinski definition) is 4. The normalized spacial score (nSPS) is 9.81. The van der Waals surface area contributed by atoms with Crippen molar-refractivity contribution in [3.05, 3.63) is 29.8 Å². The smallest absolute Gasteiger partial charge is 0.292 e. The summed E-state index contributed by atoms with van der Waals surface area (Å²) in [6.45, 7) is 0.229. The second kappa shape index (κ2) is 5.87. The summed E-state index contributed by atoms with van der Waals surface area (Å²) in [7, 11) is 0. The number of phenols is 1. The number of amides is 1. The fraction of sp³-hybridized carbons (Fsp3) is 0.273. The minimum Gasteiger partial charge on any atom is -0.508 e. The lowest BCUT2D eigenvalue weighted by Crippen LogP contribution is -2.32. The number of hydrogen-bond donors (Lipinski definition) is 3. The summed E-state index contributed by atoms with van der Waals surface area (Å²) >= 11 is 0. The van der Waals surface area contributed by atoms with Crippen molar-refractivity contribution < 1.29 is 19.8 Å². The predicted molar refractivity (Wildman–Crippen MR) is 57.1 cm³/mol. The molecule has 0 saturated heterocycles. The predicted octanol–water partition coefficient (Wildman–Crippen LogP) is 0.0735. The van der Waals surface area contributed by atoms with E-state index in [0.29, 0.717) is 6.42 Å². The minimum absolute atomic E-state index is 0.0340. The van der Waals surface area contributed by atoms with Crippen molar-refractivity contribution in [1.82, 2.24) is 5.32 Å². The van der Waals surface area contributed by atoms with Crippen LogP contribution in [0.4, 0.5) is 0 Å². The third-order valence-electron chi connectivity index (χ3n) is 1.96. The fourth-order valence-corrected chi connectivity index (χ4v) is 1.11. The summed E-state index contributed by atoms with van der Waals surface area (Å²) < 4.78 is 0. The lowest BCUT2D eigenvalue weighted by molar-refractivity contribution is -0.117. The summed E-state index contributed by atoms with van der Waals surface area (Å²) in [5, 5.41) is 19.9. The Hall–Kier alpha value is -1.88. The minimum atomic E-state index is -0.709. The number of aliphatic hydroxyl groups is 1. The van der Waals surface area contributed by atoms with Crippen LogP contribution >= 0.6 is 0 Å². The number of benzene rings is 1. The molecule has 86 valence electrons. The Labute approximate surface area is 92.7 Å². The molecule has 0 aliphatic rings. The highest BCUT2D eigenvalue weighted by Crippen LogP contribution is 2.09. The highest BCUT2D eigenvalue weighted by molar-refractivity contribution is 6.42. The van der Waals surface area contributed by atoms with Crippen molar-refractivity contribution in [3.63, 3.8) is 0 Å². The van der Waals surface area contributed by atoms with Crippen LogP contribution in [0.3, 0.4) is 0 Å². The zero-order valence-electron chi connectivity index (χ0n) is 8.64. The molecule has 0 unspecified atom stereocenters. The Kier molecular flexibility index (Phi) is 4.47. The van der Waals surface area contributed by atoms with Crippen LogP contribution in [-0.2, 0) is 4.79 Å². The number of nitrogens with one attached hydrogen (secondary N) is 1. The highest BCUT2D eigenvalue weighted by atomic mass is 16.3. The van der Waals surface area contributed by atoms with Gasteiger partial charge in [0.1, 0.15) is 5.75 Å². The zero-order chi connectivity index (χ0) is 12.0. The molecule has 0 saturated carbocycles. The number of aromatic hydroxyl groups is 1. The van der Waals surface area contributed by atoms with Gasteiger partial charge in [0.05, 0.1) is 0 Å². The second-order valence-corrected chi connectivity index (χ2v) is 3.21. The van der Waals surface area contributed by atoms with E-state index in [1.165, 1.54) is 24.3 Å². The molecule has 0 heterocycles. The summed E-state index contributed by atoms with van der Waals surface area (Å²) in [5.74, 6) is -1.32. The number of rotatable bonds is 5. The summed E-state index contributed by atoms with van der Waals surface area (Å²) in [4.78, 5) is 22.8. The first kappa shape index (κ1) is 12.2. The van der Waals surface area contributed by atoms with Gasteiger partial charge in [0, 0.05) is 18.7 Å². The first-order valence-corrected chi connectivity index (χ1v) is 4.87. The molecule has 0 spiro atoms. The lowest BCUT2D eigenvalue weighted by Gasteiger charge is -2.03. The monoisotopic (exact) mass is 223 g/mol. The van der Waals surface area contributed by atoms with Crippen molar-refractivity contribution in [2.75, 3.05) is 13.2 Å². The van der Waals surface area contributed by atoms with Crippen LogP contribution in [0.1, 0.15) is 16.8 Å². The van der Waals surface area contributed by atoms with E-state index in [-0.39, 0.29) is 24.5 Å². The van der Waals surface area contributed by atoms with Gasteiger partial charge in [-0.3, -0.25) is 9.59 Å². The molecule has 1 amide bonds. The van der Waals surface area contributed by atoms with Gasteiger partial charge in [0.15, 0.2) is 0 Å². The van der Waals surface area contributed by atoms with Gasteiger partial charge in [-0.25, -0.2) is 0 Å². The molecule has 5 heteroatoms. The summed E-state index contributed by atoms with van der Waals surface area (Å²) in [5.41, 5.74) is 0.222. The standard InChI is InChI=1S/C11H13NO4/c13-7-1-6-12-11(16)10(15)8-2-4-9(14)5-3-8/h2-5,13-14H,1,6-7H2,(H,12,16). The van der Waals surface area contributed by atoms with Crippen molar-refractivity contribution in [2.24, 2.45) is 0 Å². The Morgan fingerprint density at radius 1 is 1.19 bits per heavy atom. The molecule has 0 aliphatic heterocycles. The molecule has 16 heavy (non-hydrogen) atoms. The van der Waals surface area contributed by atoms with Gasteiger partial charge in [-0.15, -0.1) is 0 Å². The first-order chi connectivity index (χ1) is 7.65. The molecule has 0 atom stereocenters. The maximum Gasteiger partial charge on any atom is 0.292 e. The fourth-order valence-electron chi connectivity index (χ4n) is 1.11. The Morgan fingerprint density at radius 3 is 2.38 bits per heavy atom. The van der Waals surface area contributed by atoms with E-state index in [0.717, 1.165) is 0 Å². The Morgan fingerprint density at radius 2 is 1.81 bits per heavy atom. The van der Waals surface area contributed by atoms with Crippen molar-refractivity contribution in [1.29, 1.82) is 0 Å². The molecule has 0 radical (unpaired) electrons. The molecular weight excluding hydrogens is 210 g/mol. The number of Topliss-reactive ketones (excluding diaryl/α,β-unsaturated/α-hetero) is 1. The molecule has 3 N–H and O–H groups in total. The van der Waals surface area contributed by atoms with E-state index in [9.17, 15) is 9.59 Å². The van der Waals surface area contributed by atoms with E-state index in [4.69, 9.17) is 10.2 Å². The average Bonchev–Trinajstić information content (AvgIpc) is 2.29. The second-order valence-electron chi connectivity index (χ2n) is 3.21. The number of aliphatic hydroxyl groups excluding tert-OH is 1. The van der Waals surface area contributed by atoms with Gasteiger partial charge in [0.25, 0.3) is 5.91 Å². The highest BCUT2D eigenvalue weighted by Gasteiger charge is 2.14. The van der Waals surface area contributed by atoms with E-state index < -0.39 is 11.7 Å². The SMILES string of the molecule is O=C(NCCCO)C(=O)c1ccc(O)cc1. The first-order valence-electron chi connectivity index (χ1n) is 4.87. The topological polar surface area (TPSA) is 86.6 Å². The number of carbonyl (C=O) groups excluding carboxylic acids is 2. The van der Waals surface area contributed by atoms with E-state index >= 15 is 0 Å². The Balaban J connectivity index is 2.57.